The molecule has 0 aliphatic rings. The molecule has 0 aromatic heterocycles. The molecule has 2 amide bonds. The molecule has 0 bridgehead atoms. The molecule has 0 spiro atoms. The summed E-state index contributed by atoms with van der Waals surface area (Å²) in [5.74, 6) is -0.201. The normalized spacial score (nSPS) is 10.5. The largest absolute Gasteiger partial charge is 0.355 e. The van der Waals surface area contributed by atoms with E-state index in [2.05, 4.69) is 17.6 Å². The van der Waals surface area contributed by atoms with Crippen molar-refractivity contribution in [2.45, 2.75) is 84.0 Å². The van der Waals surface area contributed by atoms with Crippen LogP contribution in [0.1, 0.15) is 94.3 Å². The van der Waals surface area contributed by atoms with Gasteiger partial charge in [0.2, 0.25) is 5.91 Å². The number of nitrogens with one attached hydrogen (secondary N) is 2. The van der Waals surface area contributed by atoms with Crippen molar-refractivity contribution in [2.24, 2.45) is 0 Å². The Kier molecular flexibility index (Phi) is 12.2. The maximum Gasteiger partial charge on any atom is 0.253 e. The van der Waals surface area contributed by atoms with Crippen LogP contribution in [0, 0.1) is 0 Å². The van der Waals surface area contributed by atoms with Crippen molar-refractivity contribution < 1.29 is 9.59 Å². The second kappa shape index (κ2) is 14.3. The van der Waals surface area contributed by atoms with Crippen molar-refractivity contribution in [1.29, 1.82) is 0 Å². The van der Waals surface area contributed by atoms with Gasteiger partial charge in [-0.05, 0) is 18.6 Å². The van der Waals surface area contributed by atoms with E-state index >= 15 is 0 Å². The van der Waals surface area contributed by atoms with E-state index in [1.54, 1.807) is 25.2 Å². The van der Waals surface area contributed by atoms with E-state index in [0.717, 1.165) is 12.8 Å². The van der Waals surface area contributed by atoms with Crippen LogP contribution in [-0.2, 0) is 4.79 Å². The minimum Gasteiger partial charge on any atom is -0.355 e. The molecule has 0 aliphatic heterocycles. The molecule has 0 heterocycles. The Hall–Kier alpha value is -1.84. The molecule has 0 atom stereocenters. The van der Waals surface area contributed by atoms with E-state index in [1.807, 2.05) is 6.07 Å². The van der Waals surface area contributed by atoms with Gasteiger partial charge in [-0.2, -0.15) is 0 Å². The fourth-order valence-electron chi connectivity index (χ4n) is 3.09. The van der Waals surface area contributed by atoms with E-state index in [4.69, 9.17) is 0 Å². The van der Waals surface area contributed by atoms with Gasteiger partial charge in [0, 0.05) is 13.5 Å². The number of amides is 2. The molecule has 4 heteroatoms. The topological polar surface area (TPSA) is 58.2 Å². The Morgan fingerprint density at radius 3 is 1.92 bits per heavy atom. The van der Waals surface area contributed by atoms with E-state index in [0.29, 0.717) is 17.7 Å². The van der Waals surface area contributed by atoms with Gasteiger partial charge in [-0.1, -0.05) is 83.3 Å². The second-order valence-electron chi connectivity index (χ2n) is 6.96. The number of anilines is 1. The first-order valence-corrected chi connectivity index (χ1v) is 10.3. The zero-order chi connectivity index (χ0) is 19.0. The van der Waals surface area contributed by atoms with Crippen LogP contribution in [0.2, 0.25) is 0 Å². The summed E-state index contributed by atoms with van der Waals surface area (Å²) in [6.45, 7) is 2.25. The summed E-state index contributed by atoms with van der Waals surface area (Å²) in [6.07, 6.45) is 14.5. The van der Waals surface area contributed by atoms with Gasteiger partial charge in [-0.3, -0.25) is 9.59 Å². The first-order chi connectivity index (χ1) is 12.7. The van der Waals surface area contributed by atoms with Crippen LogP contribution in [0.5, 0.6) is 0 Å². The Balaban J connectivity index is 2.10. The van der Waals surface area contributed by atoms with Crippen molar-refractivity contribution in [3.63, 3.8) is 0 Å². The third-order valence-electron chi connectivity index (χ3n) is 4.68. The molecule has 0 fully saturated rings. The molecular formula is C22H36N2O2. The third-order valence-corrected chi connectivity index (χ3v) is 4.68. The molecule has 0 aliphatic carbocycles. The molecule has 146 valence electrons. The number of rotatable bonds is 14. The maximum absolute atomic E-state index is 12.1. The number of benzene rings is 1. The highest BCUT2D eigenvalue weighted by Crippen LogP contribution is 2.16. The van der Waals surface area contributed by atoms with Gasteiger partial charge >= 0.3 is 0 Å². The molecule has 0 saturated heterocycles. The van der Waals surface area contributed by atoms with E-state index in [-0.39, 0.29) is 11.8 Å². The van der Waals surface area contributed by atoms with Gasteiger partial charge in [-0.25, -0.2) is 0 Å². The summed E-state index contributed by atoms with van der Waals surface area (Å²) in [7, 11) is 1.59. The standard InChI is InChI=1S/C22H36N2O2/c1-3-4-5-6-7-8-9-10-11-12-13-18-21(25)24-20-17-15-14-16-19(20)22(26)23-2/h14-17H,3-13,18H2,1-2H3,(H,23,26)(H,24,25). The Morgan fingerprint density at radius 1 is 0.808 bits per heavy atom. The van der Waals surface area contributed by atoms with E-state index in [9.17, 15) is 9.59 Å². The van der Waals surface area contributed by atoms with E-state index < -0.39 is 0 Å². The highest BCUT2D eigenvalue weighted by molar-refractivity contribution is 6.03. The lowest BCUT2D eigenvalue weighted by Gasteiger charge is -2.10. The highest BCUT2D eigenvalue weighted by Gasteiger charge is 2.11. The van der Waals surface area contributed by atoms with Crippen molar-refractivity contribution in [3.8, 4) is 0 Å². The minimum absolute atomic E-state index is 0.0164. The number of hydrogen-bond donors (Lipinski definition) is 2. The van der Waals surface area contributed by atoms with Crippen LogP contribution in [0.25, 0.3) is 0 Å². The number of unbranched alkanes of at least 4 members (excludes halogenated alkanes) is 10. The predicted molar refractivity (Wildman–Crippen MR) is 110 cm³/mol. The fourth-order valence-corrected chi connectivity index (χ4v) is 3.09. The highest BCUT2D eigenvalue weighted by atomic mass is 16.2. The van der Waals surface area contributed by atoms with Crippen LogP contribution in [-0.4, -0.2) is 18.9 Å². The van der Waals surface area contributed by atoms with Gasteiger partial charge in [0.25, 0.3) is 5.91 Å². The molecule has 26 heavy (non-hydrogen) atoms. The van der Waals surface area contributed by atoms with Gasteiger partial charge in [0.15, 0.2) is 0 Å². The number of carbonyl (C=O) groups excluding carboxylic acids is 2. The van der Waals surface area contributed by atoms with Crippen LogP contribution < -0.4 is 10.6 Å². The third kappa shape index (κ3) is 9.59. The van der Waals surface area contributed by atoms with Crippen molar-refractivity contribution in [2.75, 3.05) is 12.4 Å². The molecule has 1 aromatic carbocycles. The number of hydrogen-bond acceptors (Lipinski definition) is 2. The van der Waals surface area contributed by atoms with Crippen LogP contribution in [0.15, 0.2) is 24.3 Å². The van der Waals surface area contributed by atoms with Crippen molar-refractivity contribution in [1.82, 2.24) is 5.32 Å². The SMILES string of the molecule is CCCCCCCCCCCCCC(=O)Nc1ccccc1C(=O)NC. The molecule has 2 N–H and O–H groups in total. The minimum atomic E-state index is -0.185. The fraction of sp³-hybridized carbons (Fsp3) is 0.636. The number of carbonyl (C=O) groups is 2. The summed E-state index contributed by atoms with van der Waals surface area (Å²) >= 11 is 0. The molecule has 0 unspecified atom stereocenters. The molecule has 4 nitrogen and oxygen atoms in total. The lowest BCUT2D eigenvalue weighted by Crippen LogP contribution is -2.21. The van der Waals surface area contributed by atoms with Crippen LogP contribution in [0.3, 0.4) is 0 Å². The van der Waals surface area contributed by atoms with E-state index in [1.165, 1.54) is 57.8 Å². The quantitative estimate of drug-likeness (QED) is 0.419. The molecular weight excluding hydrogens is 324 g/mol. The summed E-state index contributed by atoms with van der Waals surface area (Å²) in [5.41, 5.74) is 1.09. The molecule has 1 rings (SSSR count). The van der Waals surface area contributed by atoms with Crippen LogP contribution >= 0.6 is 0 Å². The van der Waals surface area contributed by atoms with Gasteiger partial charge in [0.05, 0.1) is 11.3 Å². The molecule has 0 saturated carbocycles. The Labute approximate surface area is 159 Å². The lowest BCUT2D eigenvalue weighted by molar-refractivity contribution is -0.116. The maximum atomic E-state index is 12.1. The van der Waals surface area contributed by atoms with Gasteiger partial charge < -0.3 is 10.6 Å². The van der Waals surface area contributed by atoms with Gasteiger partial charge in [-0.15, -0.1) is 0 Å². The smallest absolute Gasteiger partial charge is 0.253 e. The predicted octanol–water partition coefficient (Wildman–Crippen LogP) is 5.69. The second-order valence-corrected chi connectivity index (χ2v) is 6.96. The molecule has 1 aromatic rings. The lowest BCUT2D eigenvalue weighted by atomic mass is 10.1. The van der Waals surface area contributed by atoms with Crippen molar-refractivity contribution in [3.05, 3.63) is 29.8 Å². The Morgan fingerprint density at radius 2 is 1.35 bits per heavy atom. The van der Waals surface area contributed by atoms with Gasteiger partial charge in [0.1, 0.15) is 0 Å². The Bertz CT molecular complexity index is 529. The first-order valence-electron chi connectivity index (χ1n) is 10.3. The molecule has 0 radical (unpaired) electrons. The van der Waals surface area contributed by atoms with Crippen LogP contribution in [0.4, 0.5) is 5.69 Å². The average molecular weight is 361 g/mol. The summed E-state index contributed by atoms with van der Waals surface area (Å²) in [5, 5.41) is 5.46. The van der Waals surface area contributed by atoms with Crippen molar-refractivity contribution >= 4 is 17.5 Å². The first kappa shape index (κ1) is 22.2. The summed E-state index contributed by atoms with van der Waals surface area (Å²) in [6, 6.07) is 7.11. The summed E-state index contributed by atoms with van der Waals surface area (Å²) in [4.78, 5) is 23.9. The zero-order valence-electron chi connectivity index (χ0n) is 16.6. The zero-order valence-corrected chi connectivity index (χ0v) is 16.6. The summed E-state index contributed by atoms with van der Waals surface area (Å²) < 4.78 is 0. The average Bonchev–Trinajstić information content (AvgIpc) is 2.66. The monoisotopic (exact) mass is 360 g/mol. The number of para-hydroxylation sites is 1.